The minimum atomic E-state index is -0.958. The van der Waals surface area contributed by atoms with Crippen LogP contribution in [-0.4, -0.2) is 32.6 Å². The second-order valence-corrected chi connectivity index (χ2v) is 4.81. The maximum Gasteiger partial charge on any atom is 0.337 e. The van der Waals surface area contributed by atoms with E-state index in [1.54, 1.807) is 32.2 Å². The number of anilines is 1. The summed E-state index contributed by atoms with van der Waals surface area (Å²) in [6.07, 6.45) is 0. The highest BCUT2D eigenvalue weighted by Crippen LogP contribution is 2.41. The van der Waals surface area contributed by atoms with Crippen molar-refractivity contribution >= 4 is 17.6 Å². The van der Waals surface area contributed by atoms with E-state index in [-0.39, 0.29) is 12.5 Å². The number of rotatable bonds is 3. The van der Waals surface area contributed by atoms with E-state index in [1.165, 1.54) is 12.0 Å². The number of likely N-dealkylation sites (N-methyl/N-ethyl adjacent to an activating group) is 1. The second-order valence-electron chi connectivity index (χ2n) is 4.81. The number of fused-ring (bicyclic) bond motifs is 1. The van der Waals surface area contributed by atoms with Gasteiger partial charge in [-0.1, -0.05) is 5.11 Å². The normalized spacial score (nSPS) is 20.4. The first-order valence-corrected chi connectivity index (χ1v) is 5.97. The van der Waals surface area contributed by atoms with E-state index in [1.807, 2.05) is 0 Å². The lowest BCUT2D eigenvalue weighted by atomic mass is 9.83. The molecule has 1 heterocycles. The smallest absolute Gasteiger partial charge is 0.337 e. The van der Waals surface area contributed by atoms with Gasteiger partial charge in [0.05, 0.1) is 18.1 Å². The first-order valence-electron chi connectivity index (χ1n) is 5.97. The lowest BCUT2D eigenvalue weighted by Crippen LogP contribution is -2.38. The number of benzene rings is 1. The number of azide groups is 1. The van der Waals surface area contributed by atoms with Gasteiger partial charge >= 0.3 is 5.97 Å². The third-order valence-electron chi connectivity index (χ3n) is 3.60. The minimum Gasteiger partial charge on any atom is -0.465 e. The zero-order chi connectivity index (χ0) is 14.9. The van der Waals surface area contributed by atoms with Gasteiger partial charge in [0, 0.05) is 24.2 Å². The molecule has 104 valence electrons. The SMILES string of the molecule is COC(=O)c1ccc2c(c1)C(C)(CN=[N+]=[N-])C(=O)N2C. The van der Waals surface area contributed by atoms with Crippen LogP contribution in [0.3, 0.4) is 0 Å². The molecule has 0 spiro atoms. The summed E-state index contributed by atoms with van der Waals surface area (Å²) >= 11 is 0. The van der Waals surface area contributed by atoms with Crippen molar-refractivity contribution in [1.29, 1.82) is 0 Å². The molecule has 0 aromatic heterocycles. The largest absolute Gasteiger partial charge is 0.465 e. The van der Waals surface area contributed by atoms with E-state index in [4.69, 9.17) is 5.53 Å². The molecule has 0 N–H and O–H groups in total. The van der Waals surface area contributed by atoms with Crippen molar-refractivity contribution in [2.45, 2.75) is 12.3 Å². The van der Waals surface area contributed by atoms with Crippen molar-refractivity contribution in [2.75, 3.05) is 25.6 Å². The molecule has 1 aliphatic heterocycles. The Morgan fingerprint density at radius 3 is 2.85 bits per heavy atom. The zero-order valence-corrected chi connectivity index (χ0v) is 11.5. The van der Waals surface area contributed by atoms with Crippen molar-refractivity contribution < 1.29 is 14.3 Å². The molecule has 0 radical (unpaired) electrons. The van der Waals surface area contributed by atoms with Crippen molar-refractivity contribution in [2.24, 2.45) is 5.11 Å². The molecule has 0 saturated carbocycles. The topological polar surface area (TPSA) is 95.4 Å². The van der Waals surface area contributed by atoms with E-state index in [0.717, 1.165) is 0 Å². The van der Waals surface area contributed by atoms with E-state index in [9.17, 15) is 9.59 Å². The number of carbonyl (C=O) groups is 2. The highest BCUT2D eigenvalue weighted by atomic mass is 16.5. The van der Waals surface area contributed by atoms with Gasteiger partial charge in [-0.3, -0.25) is 4.79 Å². The van der Waals surface area contributed by atoms with Crippen LogP contribution in [0.2, 0.25) is 0 Å². The molecule has 0 fully saturated rings. The lowest BCUT2D eigenvalue weighted by Gasteiger charge is -2.20. The van der Waals surface area contributed by atoms with Crippen molar-refractivity contribution in [3.8, 4) is 0 Å². The summed E-state index contributed by atoms with van der Waals surface area (Å²) in [7, 11) is 2.95. The molecule has 1 atom stereocenters. The molecule has 20 heavy (non-hydrogen) atoms. The number of ether oxygens (including phenoxy) is 1. The summed E-state index contributed by atoms with van der Waals surface area (Å²) < 4.78 is 4.68. The summed E-state index contributed by atoms with van der Waals surface area (Å²) in [4.78, 5) is 28.2. The number of esters is 1. The van der Waals surface area contributed by atoms with Crippen LogP contribution >= 0.6 is 0 Å². The molecule has 1 aliphatic rings. The van der Waals surface area contributed by atoms with E-state index >= 15 is 0 Å². The Balaban J connectivity index is 2.58. The fourth-order valence-electron chi connectivity index (χ4n) is 2.44. The van der Waals surface area contributed by atoms with Gasteiger partial charge in [0.15, 0.2) is 0 Å². The third kappa shape index (κ3) is 1.88. The highest BCUT2D eigenvalue weighted by Gasteiger charge is 2.45. The fraction of sp³-hybridized carbons (Fsp3) is 0.385. The number of methoxy groups -OCH3 is 1. The molecule has 7 nitrogen and oxygen atoms in total. The Kier molecular flexibility index (Phi) is 3.38. The average Bonchev–Trinajstić information content (AvgIpc) is 2.66. The molecule has 0 aliphatic carbocycles. The first kappa shape index (κ1) is 13.9. The van der Waals surface area contributed by atoms with Gasteiger partial charge in [0.1, 0.15) is 0 Å². The summed E-state index contributed by atoms with van der Waals surface area (Å²) in [5.41, 5.74) is 9.26. The number of carbonyl (C=O) groups excluding carboxylic acids is 2. The molecule has 0 saturated heterocycles. The summed E-state index contributed by atoms with van der Waals surface area (Å²) in [5.74, 6) is -0.636. The number of hydrogen-bond acceptors (Lipinski definition) is 4. The Bertz CT molecular complexity index is 637. The van der Waals surface area contributed by atoms with Crippen molar-refractivity contribution in [3.63, 3.8) is 0 Å². The maximum atomic E-state index is 12.4. The van der Waals surface area contributed by atoms with Gasteiger partial charge in [-0.15, -0.1) is 0 Å². The molecule has 2 rings (SSSR count). The standard InChI is InChI=1S/C13H14N4O3/c1-13(7-15-16-14)9-6-8(11(18)20-3)4-5-10(9)17(2)12(13)19/h4-6H,7H2,1-3H3. The number of nitrogens with zero attached hydrogens (tertiary/aromatic N) is 4. The fourth-order valence-corrected chi connectivity index (χ4v) is 2.44. The number of amides is 1. The molecule has 0 bridgehead atoms. The Morgan fingerprint density at radius 2 is 2.25 bits per heavy atom. The van der Waals surface area contributed by atoms with E-state index in [2.05, 4.69) is 14.8 Å². The number of hydrogen-bond donors (Lipinski definition) is 0. The Morgan fingerprint density at radius 1 is 1.55 bits per heavy atom. The molecular formula is C13H14N4O3. The van der Waals surface area contributed by atoms with Crippen LogP contribution in [-0.2, 0) is 14.9 Å². The predicted octanol–water partition coefficient (Wildman–Crippen LogP) is 2.02. The van der Waals surface area contributed by atoms with Gasteiger partial charge in [-0.2, -0.15) is 0 Å². The predicted molar refractivity (Wildman–Crippen MR) is 72.6 cm³/mol. The van der Waals surface area contributed by atoms with Crippen molar-refractivity contribution in [1.82, 2.24) is 0 Å². The minimum absolute atomic E-state index is 0.00427. The van der Waals surface area contributed by atoms with Crippen LogP contribution in [0.4, 0.5) is 5.69 Å². The van der Waals surface area contributed by atoms with Crippen LogP contribution in [0.5, 0.6) is 0 Å². The van der Waals surface area contributed by atoms with E-state index in [0.29, 0.717) is 16.8 Å². The highest BCUT2D eigenvalue weighted by molar-refractivity contribution is 6.08. The van der Waals surface area contributed by atoms with Gasteiger partial charge in [-0.05, 0) is 36.2 Å². The molecule has 1 aromatic rings. The van der Waals surface area contributed by atoms with Crippen LogP contribution < -0.4 is 4.90 Å². The summed E-state index contributed by atoms with van der Waals surface area (Å²) in [6, 6.07) is 4.92. The van der Waals surface area contributed by atoms with Gasteiger partial charge < -0.3 is 9.64 Å². The molecule has 1 unspecified atom stereocenters. The Hall–Kier alpha value is -2.53. The molecular weight excluding hydrogens is 260 g/mol. The molecule has 1 amide bonds. The zero-order valence-electron chi connectivity index (χ0n) is 11.5. The monoisotopic (exact) mass is 274 g/mol. The lowest BCUT2D eigenvalue weighted by molar-refractivity contribution is -0.122. The van der Waals surface area contributed by atoms with Crippen LogP contribution in [0, 0.1) is 0 Å². The second kappa shape index (κ2) is 4.86. The van der Waals surface area contributed by atoms with Crippen LogP contribution in [0.1, 0.15) is 22.8 Å². The van der Waals surface area contributed by atoms with Gasteiger partial charge in [-0.25, -0.2) is 4.79 Å². The first-order chi connectivity index (χ1) is 9.45. The third-order valence-corrected chi connectivity index (χ3v) is 3.60. The molecule has 1 aromatic carbocycles. The van der Waals surface area contributed by atoms with E-state index < -0.39 is 11.4 Å². The van der Waals surface area contributed by atoms with Crippen molar-refractivity contribution in [3.05, 3.63) is 39.8 Å². The van der Waals surface area contributed by atoms with Gasteiger partial charge in [0.2, 0.25) is 5.91 Å². The van der Waals surface area contributed by atoms with Gasteiger partial charge in [0.25, 0.3) is 0 Å². The summed E-state index contributed by atoms with van der Waals surface area (Å²) in [5, 5.41) is 3.52. The maximum absolute atomic E-state index is 12.4. The van der Waals surface area contributed by atoms with Crippen LogP contribution in [0.15, 0.2) is 23.3 Å². The molecule has 7 heteroatoms. The summed E-state index contributed by atoms with van der Waals surface area (Å²) in [6.45, 7) is 1.71. The Labute approximate surface area is 115 Å². The quantitative estimate of drug-likeness (QED) is 0.365. The van der Waals surface area contributed by atoms with Crippen LogP contribution in [0.25, 0.3) is 10.4 Å². The average molecular weight is 274 g/mol.